The lowest BCUT2D eigenvalue weighted by atomic mass is 9.96. The van der Waals surface area contributed by atoms with Crippen LogP contribution in [0.25, 0.3) is 0 Å². The SMILES string of the molecule is CCCNC(c1cccc(CC)c1)c1ccccc1Br. The predicted molar refractivity (Wildman–Crippen MR) is 90.1 cm³/mol. The highest BCUT2D eigenvalue weighted by atomic mass is 79.9. The Balaban J connectivity index is 2.38. The summed E-state index contributed by atoms with van der Waals surface area (Å²) in [7, 11) is 0. The molecule has 0 fully saturated rings. The third-order valence-corrected chi connectivity index (χ3v) is 4.23. The van der Waals surface area contributed by atoms with Gasteiger partial charge in [0.2, 0.25) is 0 Å². The van der Waals surface area contributed by atoms with E-state index in [1.54, 1.807) is 0 Å². The summed E-state index contributed by atoms with van der Waals surface area (Å²) in [4.78, 5) is 0. The second-order valence-corrected chi connectivity index (χ2v) is 5.86. The van der Waals surface area contributed by atoms with Crippen molar-refractivity contribution in [3.63, 3.8) is 0 Å². The number of aryl methyl sites for hydroxylation is 1. The van der Waals surface area contributed by atoms with Crippen molar-refractivity contribution in [2.75, 3.05) is 6.54 Å². The van der Waals surface area contributed by atoms with Gasteiger partial charge < -0.3 is 5.32 Å². The van der Waals surface area contributed by atoms with E-state index in [-0.39, 0.29) is 6.04 Å². The fourth-order valence-electron chi connectivity index (χ4n) is 2.40. The van der Waals surface area contributed by atoms with Crippen molar-refractivity contribution in [2.24, 2.45) is 0 Å². The Morgan fingerprint density at radius 2 is 1.85 bits per heavy atom. The van der Waals surface area contributed by atoms with E-state index in [9.17, 15) is 0 Å². The third kappa shape index (κ3) is 3.71. The Morgan fingerprint density at radius 1 is 1.05 bits per heavy atom. The molecular formula is C18H22BrN. The molecule has 0 aliphatic heterocycles. The van der Waals surface area contributed by atoms with Crippen molar-refractivity contribution in [2.45, 2.75) is 32.7 Å². The molecule has 0 spiro atoms. The van der Waals surface area contributed by atoms with Crippen LogP contribution in [0.4, 0.5) is 0 Å². The van der Waals surface area contributed by atoms with E-state index >= 15 is 0 Å². The average Bonchev–Trinajstić information content (AvgIpc) is 2.49. The molecule has 0 aromatic heterocycles. The maximum atomic E-state index is 3.68. The molecule has 0 aliphatic rings. The van der Waals surface area contributed by atoms with Crippen molar-refractivity contribution >= 4 is 15.9 Å². The largest absolute Gasteiger partial charge is 0.306 e. The summed E-state index contributed by atoms with van der Waals surface area (Å²) in [6.45, 7) is 5.42. The topological polar surface area (TPSA) is 12.0 Å². The number of halogens is 1. The van der Waals surface area contributed by atoms with Crippen molar-refractivity contribution in [1.29, 1.82) is 0 Å². The minimum Gasteiger partial charge on any atom is -0.306 e. The van der Waals surface area contributed by atoms with Gasteiger partial charge in [-0.25, -0.2) is 0 Å². The molecule has 1 nitrogen and oxygen atoms in total. The molecule has 20 heavy (non-hydrogen) atoms. The van der Waals surface area contributed by atoms with E-state index in [0.29, 0.717) is 0 Å². The molecule has 0 bridgehead atoms. The van der Waals surface area contributed by atoms with Crippen molar-refractivity contribution in [3.8, 4) is 0 Å². The molecule has 0 amide bonds. The van der Waals surface area contributed by atoms with Crippen LogP contribution >= 0.6 is 15.9 Å². The van der Waals surface area contributed by atoms with Gasteiger partial charge in [0.1, 0.15) is 0 Å². The van der Waals surface area contributed by atoms with Gasteiger partial charge in [0.15, 0.2) is 0 Å². The smallest absolute Gasteiger partial charge is 0.0587 e. The van der Waals surface area contributed by atoms with Gasteiger partial charge in [-0.15, -0.1) is 0 Å². The van der Waals surface area contributed by atoms with E-state index < -0.39 is 0 Å². The van der Waals surface area contributed by atoms with E-state index in [1.165, 1.54) is 16.7 Å². The minimum atomic E-state index is 0.247. The Kier molecular flexibility index (Phi) is 5.81. The standard InChI is InChI=1S/C18H22BrN/c1-3-12-20-18(16-10-5-6-11-17(16)19)15-9-7-8-14(4-2)13-15/h5-11,13,18,20H,3-4,12H2,1-2H3. The highest BCUT2D eigenvalue weighted by molar-refractivity contribution is 9.10. The van der Waals surface area contributed by atoms with Crippen LogP contribution < -0.4 is 5.32 Å². The lowest BCUT2D eigenvalue weighted by Crippen LogP contribution is -2.23. The van der Waals surface area contributed by atoms with Crippen LogP contribution in [0.15, 0.2) is 53.0 Å². The molecular weight excluding hydrogens is 310 g/mol. The number of hydrogen-bond donors (Lipinski definition) is 1. The molecule has 1 unspecified atom stereocenters. The minimum absolute atomic E-state index is 0.247. The van der Waals surface area contributed by atoms with Crippen LogP contribution in [-0.2, 0) is 6.42 Å². The van der Waals surface area contributed by atoms with Crippen molar-refractivity contribution in [1.82, 2.24) is 5.32 Å². The predicted octanol–water partition coefficient (Wildman–Crippen LogP) is 5.10. The van der Waals surface area contributed by atoms with Crippen LogP contribution in [0.1, 0.15) is 43.0 Å². The van der Waals surface area contributed by atoms with Gasteiger partial charge >= 0.3 is 0 Å². The van der Waals surface area contributed by atoms with E-state index in [4.69, 9.17) is 0 Å². The zero-order chi connectivity index (χ0) is 14.4. The Labute approximate surface area is 130 Å². The molecule has 2 aromatic rings. The van der Waals surface area contributed by atoms with Crippen LogP contribution in [0.3, 0.4) is 0 Å². The first-order valence-corrected chi connectivity index (χ1v) is 8.12. The first-order valence-electron chi connectivity index (χ1n) is 7.33. The average molecular weight is 332 g/mol. The second-order valence-electron chi connectivity index (χ2n) is 5.01. The summed E-state index contributed by atoms with van der Waals surface area (Å²) in [6, 6.07) is 17.6. The zero-order valence-electron chi connectivity index (χ0n) is 12.2. The molecule has 2 heteroatoms. The van der Waals surface area contributed by atoms with Gasteiger partial charge in [0.25, 0.3) is 0 Å². The number of nitrogens with one attached hydrogen (secondary N) is 1. The molecule has 0 saturated heterocycles. The van der Waals surface area contributed by atoms with E-state index in [2.05, 4.69) is 83.6 Å². The summed E-state index contributed by atoms with van der Waals surface area (Å²) < 4.78 is 1.16. The second kappa shape index (κ2) is 7.61. The number of benzene rings is 2. The normalized spacial score (nSPS) is 12.3. The van der Waals surface area contributed by atoms with Gasteiger partial charge in [-0.1, -0.05) is 72.2 Å². The van der Waals surface area contributed by atoms with Crippen LogP contribution in [0.5, 0.6) is 0 Å². The highest BCUT2D eigenvalue weighted by Gasteiger charge is 2.15. The van der Waals surface area contributed by atoms with Gasteiger partial charge in [-0.3, -0.25) is 0 Å². The van der Waals surface area contributed by atoms with Gasteiger partial charge in [-0.2, -0.15) is 0 Å². The van der Waals surface area contributed by atoms with Crippen molar-refractivity contribution in [3.05, 3.63) is 69.7 Å². The Bertz CT molecular complexity index is 551. The summed E-state index contributed by atoms with van der Waals surface area (Å²) in [5.41, 5.74) is 4.02. The number of hydrogen-bond acceptors (Lipinski definition) is 1. The Hall–Kier alpha value is -1.12. The van der Waals surface area contributed by atoms with E-state index in [1.807, 2.05) is 0 Å². The summed E-state index contributed by atoms with van der Waals surface area (Å²) in [5, 5.41) is 3.66. The van der Waals surface area contributed by atoms with Gasteiger partial charge in [0, 0.05) is 4.47 Å². The van der Waals surface area contributed by atoms with Gasteiger partial charge in [0.05, 0.1) is 6.04 Å². The molecule has 0 saturated carbocycles. The molecule has 1 N–H and O–H groups in total. The van der Waals surface area contributed by atoms with Crippen LogP contribution in [0, 0.1) is 0 Å². The quantitative estimate of drug-likeness (QED) is 0.776. The highest BCUT2D eigenvalue weighted by Crippen LogP contribution is 2.29. The molecule has 0 aliphatic carbocycles. The zero-order valence-corrected chi connectivity index (χ0v) is 13.8. The first-order chi connectivity index (χ1) is 9.76. The maximum absolute atomic E-state index is 3.68. The molecule has 1 atom stereocenters. The Morgan fingerprint density at radius 3 is 2.55 bits per heavy atom. The van der Waals surface area contributed by atoms with E-state index in [0.717, 1.165) is 23.9 Å². The molecule has 2 aromatic carbocycles. The molecule has 0 heterocycles. The summed E-state index contributed by atoms with van der Waals surface area (Å²) in [6.07, 6.45) is 2.21. The summed E-state index contributed by atoms with van der Waals surface area (Å²) >= 11 is 3.68. The first kappa shape index (κ1) is 15.3. The fraction of sp³-hybridized carbons (Fsp3) is 0.333. The van der Waals surface area contributed by atoms with Crippen LogP contribution in [0.2, 0.25) is 0 Å². The fourth-order valence-corrected chi connectivity index (χ4v) is 2.91. The molecule has 0 radical (unpaired) electrons. The lowest BCUT2D eigenvalue weighted by molar-refractivity contribution is 0.596. The van der Waals surface area contributed by atoms with Crippen molar-refractivity contribution < 1.29 is 0 Å². The lowest BCUT2D eigenvalue weighted by Gasteiger charge is -2.21. The van der Waals surface area contributed by atoms with Gasteiger partial charge in [-0.05, 0) is 42.1 Å². The molecule has 106 valence electrons. The third-order valence-electron chi connectivity index (χ3n) is 3.51. The maximum Gasteiger partial charge on any atom is 0.0587 e. The van der Waals surface area contributed by atoms with Crippen LogP contribution in [-0.4, -0.2) is 6.54 Å². The monoisotopic (exact) mass is 331 g/mol. The number of rotatable bonds is 6. The summed E-state index contributed by atoms with van der Waals surface area (Å²) in [5.74, 6) is 0. The molecule has 2 rings (SSSR count).